The molecule has 0 radical (unpaired) electrons. The molecule has 2 amide bonds. The molecule has 3 nitrogen and oxygen atoms in total. The Hall–Kier alpha value is -2.00. The van der Waals surface area contributed by atoms with E-state index in [0.29, 0.717) is 18.1 Å². The molecule has 0 saturated heterocycles. The number of urea groups is 1. The van der Waals surface area contributed by atoms with Gasteiger partial charge in [0.05, 0.1) is 0 Å². The minimum atomic E-state index is -0.0686. The summed E-state index contributed by atoms with van der Waals surface area (Å²) in [5, 5.41) is 3.63. The smallest absolute Gasteiger partial charge is 0.317 e. The van der Waals surface area contributed by atoms with Crippen LogP contribution in [0.1, 0.15) is 11.1 Å². The van der Waals surface area contributed by atoms with Crippen LogP contribution in [0.2, 0.25) is 5.02 Å². The number of hydrogen-bond donors (Lipinski definition) is 1. The lowest BCUT2D eigenvalue weighted by Gasteiger charge is -2.18. The third kappa shape index (κ3) is 5.12. The highest BCUT2D eigenvalue weighted by atomic mass is 35.5. The van der Waals surface area contributed by atoms with Gasteiger partial charge in [-0.3, -0.25) is 0 Å². The maximum absolute atomic E-state index is 12.0. The molecule has 0 heterocycles. The molecule has 0 aliphatic carbocycles. The Balaban J connectivity index is 1.76. The van der Waals surface area contributed by atoms with E-state index in [0.717, 1.165) is 12.0 Å². The molecule has 0 aliphatic heterocycles. The summed E-state index contributed by atoms with van der Waals surface area (Å²) in [5.41, 5.74) is 2.28. The minimum Gasteiger partial charge on any atom is -0.338 e. The van der Waals surface area contributed by atoms with E-state index in [9.17, 15) is 4.79 Å². The Labute approximate surface area is 130 Å². The van der Waals surface area contributed by atoms with Gasteiger partial charge in [0.15, 0.2) is 0 Å². The summed E-state index contributed by atoms with van der Waals surface area (Å²) in [5.74, 6) is 0. The summed E-state index contributed by atoms with van der Waals surface area (Å²) in [6.07, 6.45) is 0.835. The van der Waals surface area contributed by atoms with Gasteiger partial charge >= 0.3 is 6.03 Å². The molecule has 0 bridgehead atoms. The lowest BCUT2D eigenvalue weighted by atomic mass is 10.1. The zero-order chi connectivity index (χ0) is 15.1. The van der Waals surface area contributed by atoms with E-state index in [4.69, 9.17) is 11.6 Å². The third-order valence-electron chi connectivity index (χ3n) is 3.21. The summed E-state index contributed by atoms with van der Waals surface area (Å²) in [6.45, 7) is 1.20. The number of rotatable bonds is 5. The van der Waals surface area contributed by atoms with Crippen LogP contribution in [0, 0.1) is 0 Å². The Morgan fingerprint density at radius 1 is 1.05 bits per heavy atom. The normalized spacial score (nSPS) is 10.2. The largest absolute Gasteiger partial charge is 0.338 e. The van der Waals surface area contributed by atoms with Crippen molar-refractivity contribution in [3.63, 3.8) is 0 Å². The van der Waals surface area contributed by atoms with Crippen molar-refractivity contribution in [1.82, 2.24) is 10.2 Å². The van der Waals surface area contributed by atoms with Crippen molar-refractivity contribution in [1.29, 1.82) is 0 Å². The molecule has 0 spiro atoms. The van der Waals surface area contributed by atoms with Crippen molar-refractivity contribution < 1.29 is 4.79 Å². The number of hydrogen-bond acceptors (Lipinski definition) is 1. The average molecular weight is 303 g/mol. The molecule has 4 heteroatoms. The van der Waals surface area contributed by atoms with Crippen molar-refractivity contribution in [3.05, 3.63) is 70.7 Å². The summed E-state index contributed by atoms with van der Waals surface area (Å²) < 4.78 is 0. The van der Waals surface area contributed by atoms with Crippen LogP contribution < -0.4 is 5.32 Å². The minimum absolute atomic E-state index is 0.0686. The molecular weight excluding hydrogens is 284 g/mol. The van der Waals surface area contributed by atoms with Gasteiger partial charge in [-0.2, -0.15) is 0 Å². The number of amides is 2. The first kappa shape index (κ1) is 15.4. The van der Waals surface area contributed by atoms with Gasteiger partial charge in [0, 0.05) is 25.2 Å². The van der Waals surface area contributed by atoms with Gasteiger partial charge in [-0.15, -0.1) is 0 Å². The molecule has 21 heavy (non-hydrogen) atoms. The first-order chi connectivity index (χ1) is 10.1. The SMILES string of the molecule is CN(Cc1ccc(Cl)cc1)C(=O)NCCc1ccccc1. The topological polar surface area (TPSA) is 32.3 Å². The van der Waals surface area contributed by atoms with E-state index >= 15 is 0 Å². The van der Waals surface area contributed by atoms with E-state index in [-0.39, 0.29) is 6.03 Å². The van der Waals surface area contributed by atoms with Gasteiger partial charge in [0.2, 0.25) is 0 Å². The number of carbonyl (C=O) groups excluding carboxylic acids is 1. The van der Waals surface area contributed by atoms with Crippen molar-refractivity contribution in [2.45, 2.75) is 13.0 Å². The van der Waals surface area contributed by atoms with Gasteiger partial charge < -0.3 is 10.2 Å². The van der Waals surface area contributed by atoms with Crippen molar-refractivity contribution in [2.24, 2.45) is 0 Å². The first-order valence-electron chi connectivity index (χ1n) is 6.92. The van der Waals surface area contributed by atoms with Crippen LogP contribution in [0.15, 0.2) is 54.6 Å². The van der Waals surface area contributed by atoms with E-state index in [1.165, 1.54) is 5.56 Å². The second kappa shape index (κ2) is 7.70. The average Bonchev–Trinajstić information content (AvgIpc) is 2.50. The van der Waals surface area contributed by atoms with E-state index in [1.54, 1.807) is 11.9 Å². The summed E-state index contributed by atoms with van der Waals surface area (Å²) in [7, 11) is 1.78. The maximum atomic E-state index is 12.0. The third-order valence-corrected chi connectivity index (χ3v) is 3.46. The number of nitrogens with one attached hydrogen (secondary N) is 1. The van der Waals surface area contributed by atoms with E-state index in [1.807, 2.05) is 42.5 Å². The van der Waals surface area contributed by atoms with Gasteiger partial charge in [0.25, 0.3) is 0 Å². The monoisotopic (exact) mass is 302 g/mol. The lowest BCUT2D eigenvalue weighted by molar-refractivity contribution is 0.207. The molecular formula is C17H19ClN2O. The number of benzene rings is 2. The zero-order valence-electron chi connectivity index (χ0n) is 12.1. The van der Waals surface area contributed by atoms with Crippen LogP contribution in [-0.4, -0.2) is 24.5 Å². The Morgan fingerprint density at radius 2 is 1.71 bits per heavy atom. The molecule has 0 aliphatic rings. The first-order valence-corrected chi connectivity index (χ1v) is 7.30. The van der Waals surface area contributed by atoms with Crippen LogP contribution in [0.5, 0.6) is 0 Å². The van der Waals surface area contributed by atoms with Crippen molar-refractivity contribution >= 4 is 17.6 Å². The number of nitrogens with zero attached hydrogens (tertiary/aromatic N) is 1. The summed E-state index contributed by atoms with van der Waals surface area (Å²) >= 11 is 5.84. The molecule has 1 N–H and O–H groups in total. The molecule has 2 aromatic carbocycles. The van der Waals surface area contributed by atoms with Crippen LogP contribution in [0.3, 0.4) is 0 Å². The predicted octanol–water partition coefficient (Wildman–Crippen LogP) is 3.72. The fourth-order valence-corrected chi connectivity index (χ4v) is 2.15. The highest BCUT2D eigenvalue weighted by Gasteiger charge is 2.08. The lowest BCUT2D eigenvalue weighted by Crippen LogP contribution is -2.37. The highest BCUT2D eigenvalue weighted by molar-refractivity contribution is 6.30. The Kier molecular flexibility index (Phi) is 5.64. The zero-order valence-corrected chi connectivity index (χ0v) is 12.8. The molecule has 2 rings (SSSR count). The van der Waals surface area contributed by atoms with Crippen LogP contribution in [0.25, 0.3) is 0 Å². The second-order valence-electron chi connectivity index (χ2n) is 4.95. The quantitative estimate of drug-likeness (QED) is 0.897. The Morgan fingerprint density at radius 3 is 2.38 bits per heavy atom. The van der Waals surface area contributed by atoms with Crippen molar-refractivity contribution in [2.75, 3.05) is 13.6 Å². The van der Waals surface area contributed by atoms with Crippen LogP contribution in [-0.2, 0) is 13.0 Å². The number of carbonyl (C=O) groups is 1. The van der Waals surface area contributed by atoms with Crippen LogP contribution >= 0.6 is 11.6 Å². The summed E-state index contributed by atoms with van der Waals surface area (Å²) in [4.78, 5) is 13.7. The fourth-order valence-electron chi connectivity index (χ4n) is 2.03. The Bertz CT molecular complexity index is 569. The van der Waals surface area contributed by atoms with Gasteiger partial charge in [-0.1, -0.05) is 54.1 Å². The predicted molar refractivity (Wildman–Crippen MR) is 86.5 cm³/mol. The molecule has 110 valence electrons. The van der Waals surface area contributed by atoms with Gasteiger partial charge in [-0.05, 0) is 29.7 Å². The van der Waals surface area contributed by atoms with E-state index in [2.05, 4.69) is 17.4 Å². The molecule has 0 fully saturated rings. The molecule has 0 aromatic heterocycles. The summed E-state index contributed by atoms with van der Waals surface area (Å²) in [6, 6.07) is 17.6. The molecule has 0 unspecified atom stereocenters. The standard InChI is InChI=1S/C17H19ClN2O/c1-20(13-15-7-9-16(18)10-8-15)17(21)19-12-11-14-5-3-2-4-6-14/h2-10H,11-13H2,1H3,(H,19,21). The number of halogens is 1. The highest BCUT2D eigenvalue weighted by Crippen LogP contribution is 2.10. The maximum Gasteiger partial charge on any atom is 0.317 e. The van der Waals surface area contributed by atoms with Gasteiger partial charge in [0.1, 0.15) is 0 Å². The second-order valence-corrected chi connectivity index (χ2v) is 5.39. The molecule has 0 atom stereocenters. The molecule has 2 aromatic rings. The van der Waals surface area contributed by atoms with Crippen LogP contribution in [0.4, 0.5) is 4.79 Å². The van der Waals surface area contributed by atoms with E-state index < -0.39 is 0 Å². The fraction of sp³-hybridized carbons (Fsp3) is 0.235. The molecule has 0 saturated carbocycles. The van der Waals surface area contributed by atoms with Crippen molar-refractivity contribution in [3.8, 4) is 0 Å². The van der Waals surface area contributed by atoms with Gasteiger partial charge in [-0.25, -0.2) is 4.79 Å².